The Bertz CT molecular complexity index is 1200. The number of carboxylic acids is 1. The van der Waals surface area contributed by atoms with Gasteiger partial charge in [-0.2, -0.15) is 0 Å². The Hall–Kier alpha value is -3.10. The predicted octanol–water partition coefficient (Wildman–Crippen LogP) is 2.93. The highest BCUT2D eigenvalue weighted by Gasteiger charge is 2.31. The molecular formula is C30H48N4O9S. The molecule has 13 nitrogen and oxygen atoms in total. The van der Waals surface area contributed by atoms with Crippen LogP contribution in [0.15, 0.2) is 24.3 Å². The summed E-state index contributed by atoms with van der Waals surface area (Å²) in [6.45, 7) is 12.4. The molecule has 0 aliphatic carbocycles. The number of hydrogen-bond acceptors (Lipinski definition) is 9. The first kappa shape index (κ1) is 35.4. The Morgan fingerprint density at radius 1 is 1.07 bits per heavy atom. The number of piperazine rings is 1. The number of benzene rings is 1. The second-order valence-corrected chi connectivity index (χ2v) is 14.2. The second-order valence-electron chi connectivity index (χ2n) is 12.3. The zero-order chi connectivity index (χ0) is 32.3. The van der Waals surface area contributed by atoms with Gasteiger partial charge in [-0.25, -0.2) is 22.7 Å². The van der Waals surface area contributed by atoms with Crippen molar-refractivity contribution < 1.29 is 42.1 Å². The first-order valence-corrected chi connectivity index (χ1v) is 17.0. The smallest absolute Gasteiger partial charge is 0.410 e. The number of ether oxygens (including phenoxy) is 3. The standard InChI is InChI=1S/C30H48N4O9S/c1-5-6-19-44(39,40)31-26(27(35)36)20-23-9-11-24(12-10-23)41-22-25-21-34(28(37)42-25)14-8-7-13-32-15-17-33(18-16-32)29(38)43-30(2,3)4/h9-12,25-26,31H,5-8,13-22H2,1-4H3,(H,35,36). The number of amides is 2. The number of sulfonamides is 1. The van der Waals surface area contributed by atoms with Gasteiger partial charge in [0.2, 0.25) is 10.0 Å². The highest BCUT2D eigenvalue weighted by atomic mass is 32.2. The molecule has 0 aromatic heterocycles. The molecule has 0 spiro atoms. The van der Waals surface area contributed by atoms with Crippen molar-refractivity contribution in [3.63, 3.8) is 0 Å². The maximum absolute atomic E-state index is 12.3. The van der Waals surface area contributed by atoms with E-state index in [4.69, 9.17) is 14.2 Å². The number of carbonyl (C=O) groups is 3. The molecule has 2 fully saturated rings. The third kappa shape index (κ3) is 12.1. The molecule has 1 aromatic rings. The van der Waals surface area contributed by atoms with Gasteiger partial charge < -0.3 is 29.1 Å². The summed E-state index contributed by atoms with van der Waals surface area (Å²) in [6.07, 6.45) is 1.87. The third-order valence-electron chi connectivity index (χ3n) is 7.31. The quantitative estimate of drug-likeness (QED) is 0.258. The van der Waals surface area contributed by atoms with Crippen LogP contribution in [0.4, 0.5) is 9.59 Å². The van der Waals surface area contributed by atoms with Crippen LogP contribution in [0.2, 0.25) is 0 Å². The van der Waals surface area contributed by atoms with Gasteiger partial charge in [-0.1, -0.05) is 25.5 Å². The Labute approximate surface area is 260 Å². The number of aliphatic carboxylic acids is 1. The monoisotopic (exact) mass is 640 g/mol. The van der Waals surface area contributed by atoms with E-state index in [9.17, 15) is 27.9 Å². The summed E-state index contributed by atoms with van der Waals surface area (Å²) < 4.78 is 43.3. The van der Waals surface area contributed by atoms with Crippen molar-refractivity contribution in [3.05, 3.63) is 29.8 Å². The molecule has 248 valence electrons. The van der Waals surface area contributed by atoms with Crippen molar-refractivity contribution in [1.29, 1.82) is 0 Å². The van der Waals surface area contributed by atoms with Crippen LogP contribution in [0.3, 0.4) is 0 Å². The lowest BCUT2D eigenvalue weighted by Gasteiger charge is -2.35. The van der Waals surface area contributed by atoms with Gasteiger partial charge in [0.25, 0.3) is 0 Å². The molecule has 2 aliphatic heterocycles. The molecule has 2 saturated heterocycles. The van der Waals surface area contributed by atoms with E-state index in [1.54, 1.807) is 34.1 Å². The minimum Gasteiger partial charge on any atom is -0.490 e. The van der Waals surface area contributed by atoms with Crippen molar-refractivity contribution >= 4 is 28.2 Å². The van der Waals surface area contributed by atoms with Gasteiger partial charge in [-0.3, -0.25) is 9.69 Å². The molecule has 14 heteroatoms. The summed E-state index contributed by atoms with van der Waals surface area (Å²) in [7, 11) is -3.68. The zero-order valence-corrected chi connectivity index (χ0v) is 27.1. The van der Waals surface area contributed by atoms with Crippen molar-refractivity contribution in [3.8, 4) is 5.75 Å². The van der Waals surface area contributed by atoms with Crippen LogP contribution in [0.5, 0.6) is 5.75 Å². The Kier molecular flexibility index (Phi) is 13.1. The average Bonchev–Trinajstić information content (AvgIpc) is 3.31. The average molecular weight is 641 g/mol. The van der Waals surface area contributed by atoms with Crippen molar-refractivity contribution in [2.24, 2.45) is 0 Å². The fourth-order valence-corrected chi connectivity index (χ4v) is 6.30. The molecule has 2 heterocycles. The summed E-state index contributed by atoms with van der Waals surface area (Å²) in [5, 5.41) is 9.49. The van der Waals surface area contributed by atoms with Crippen LogP contribution < -0.4 is 9.46 Å². The first-order chi connectivity index (χ1) is 20.7. The number of carboxylic acid groups (broad SMARTS) is 1. The van der Waals surface area contributed by atoms with E-state index >= 15 is 0 Å². The Morgan fingerprint density at radius 3 is 2.34 bits per heavy atom. The first-order valence-electron chi connectivity index (χ1n) is 15.3. The minimum atomic E-state index is -3.68. The van der Waals surface area contributed by atoms with E-state index in [0.29, 0.717) is 50.3 Å². The molecule has 3 rings (SSSR count). The highest BCUT2D eigenvalue weighted by Crippen LogP contribution is 2.18. The predicted molar refractivity (Wildman–Crippen MR) is 164 cm³/mol. The number of nitrogens with one attached hydrogen (secondary N) is 1. The Morgan fingerprint density at radius 2 is 1.73 bits per heavy atom. The number of nitrogens with zero attached hydrogens (tertiary/aromatic N) is 3. The number of hydrogen-bond donors (Lipinski definition) is 2. The lowest BCUT2D eigenvalue weighted by Crippen LogP contribution is -2.50. The van der Waals surface area contributed by atoms with E-state index in [2.05, 4.69) is 9.62 Å². The van der Waals surface area contributed by atoms with Crippen LogP contribution in [0.25, 0.3) is 0 Å². The van der Waals surface area contributed by atoms with Gasteiger partial charge in [0, 0.05) is 32.7 Å². The lowest BCUT2D eigenvalue weighted by molar-refractivity contribution is -0.138. The van der Waals surface area contributed by atoms with Crippen LogP contribution >= 0.6 is 0 Å². The molecular weight excluding hydrogens is 592 g/mol. The van der Waals surface area contributed by atoms with E-state index in [0.717, 1.165) is 32.5 Å². The summed E-state index contributed by atoms with van der Waals surface area (Å²) in [5.74, 6) is -0.818. The van der Waals surface area contributed by atoms with Gasteiger partial charge in [0.15, 0.2) is 6.10 Å². The maximum Gasteiger partial charge on any atom is 0.410 e. The molecule has 0 saturated carbocycles. The van der Waals surface area contributed by atoms with Gasteiger partial charge in [-0.15, -0.1) is 0 Å². The maximum atomic E-state index is 12.3. The molecule has 0 radical (unpaired) electrons. The summed E-state index contributed by atoms with van der Waals surface area (Å²) in [4.78, 5) is 42.0. The largest absolute Gasteiger partial charge is 0.490 e. The van der Waals surface area contributed by atoms with Crippen LogP contribution in [-0.4, -0.2) is 122 Å². The van der Waals surface area contributed by atoms with Crippen LogP contribution in [-0.2, 0) is 30.7 Å². The molecule has 44 heavy (non-hydrogen) atoms. The molecule has 2 aliphatic rings. The van der Waals surface area contributed by atoms with E-state index in [-0.39, 0.29) is 31.0 Å². The fraction of sp³-hybridized carbons (Fsp3) is 0.700. The number of rotatable bonds is 16. The molecule has 2 N–H and O–H groups in total. The van der Waals surface area contributed by atoms with Crippen molar-refractivity contribution in [2.75, 3.05) is 58.2 Å². The third-order valence-corrected chi connectivity index (χ3v) is 8.78. The van der Waals surface area contributed by atoms with E-state index in [1.165, 1.54) is 0 Å². The highest BCUT2D eigenvalue weighted by molar-refractivity contribution is 7.89. The van der Waals surface area contributed by atoms with E-state index in [1.807, 2.05) is 27.7 Å². The lowest BCUT2D eigenvalue weighted by atomic mass is 10.1. The van der Waals surface area contributed by atoms with Gasteiger partial charge in [0.05, 0.1) is 12.3 Å². The summed E-state index contributed by atoms with van der Waals surface area (Å²) in [6, 6.07) is 5.48. The molecule has 2 amide bonds. The van der Waals surface area contributed by atoms with E-state index < -0.39 is 33.7 Å². The molecule has 0 bridgehead atoms. The molecule has 2 unspecified atom stereocenters. The van der Waals surface area contributed by atoms with Gasteiger partial charge in [0.1, 0.15) is 24.0 Å². The Balaban J connectivity index is 1.33. The van der Waals surface area contributed by atoms with Crippen molar-refractivity contribution in [2.45, 2.75) is 77.5 Å². The normalized spacial score (nSPS) is 18.6. The fourth-order valence-electron chi connectivity index (χ4n) is 4.90. The zero-order valence-electron chi connectivity index (χ0n) is 26.3. The summed E-state index contributed by atoms with van der Waals surface area (Å²) >= 11 is 0. The van der Waals surface area contributed by atoms with Crippen LogP contribution in [0.1, 0.15) is 58.9 Å². The summed E-state index contributed by atoms with van der Waals surface area (Å²) in [5.41, 5.74) is 0.143. The van der Waals surface area contributed by atoms with Crippen LogP contribution in [0, 0.1) is 0 Å². The van der Waals surface area contributed by atoms with Gasteiger partial charge in [-0.05, 0) is 70.7 Å². The number of unbranched alkanes of at least 4 members (excludes halogenated alkanes) is 2. The number of cyclic esters (lactones) is 1. The second kappa shape index (κ2) is 16.3. The van der Waals surface area contributed by atoms with Gasteiger partial charge >= 0.3 is 18.2 Å². The van der Waals surface area contributed by atoms with Crippen molar-refractivity contribution in [1.82, 2.24) is 19.4 Å². The molecule has 1 aromatic carbocycles. The topological polar surface area (TPSA) is 155 Å². The minimum absolute atomic E-state index is 0.00153. The number of carbonyl (C=O) groups excluding carboxylic acids is 2. The molecule has 2 atom stereocenters. The SMILES string of the molecule is CCCCS(=O)(=O)NC(Cc1ccc(OCC2CN(CCCCN3CCN(C(=O)OC(C)(C)C)CC3)C(=O)O2)cc1)C(=O)O.